The van der Waals surface area contributed by atoms with E-state index in [9.17, 15) is 10.2 Å². The molecule has 0 aliphatic carbocycles. The smallest absolute Gasteiger partial charge is 0.159 e. The van der Waals surface area contributed by atoms with Crippen molar-refractivity contribution in [3.8, 4) is 0 Å². The molecule has 0 aromatic heterocycles. The minimum absolute atomic E-state index is 0.0591. The molecule has 3 nitrogen and oxygen atoms in total. The second kappa shape index (κ2) is 3.09. The molecule has 1 aliphatic rings. The minimum Gasteiger partial charge on any atom is -0.392 e. The third-order valence-electron chi connectivity index (χ3n) is 2.62. The fraction of sp³-hybridized carbons (Fsp3) is 1.00. The lowest BCUT2D eigenvalue weighted by atomic mass is 9.87. The van der Waals surface area contributed by atoms with Gasteiger partial charge in [0.25, 0.3) is 0 Å². The number of aliphatic hydroxyl groups excluding tert-OH is 2. The number of hydrogen-bond acceptors (Lipinski definition) is 3. The van der Waals surface area contributed by atoms with E-state index >= 15 is 0 Å². The minimum atomic E-state index is -0.809. The molecule has 3 heteroatoms. The molecule has 0 radical (unpaired) electrons. The molecule has 0 aromatic carbocycles. The summed E-state index contributed by atoms with van der Waals surface area (Å²) in [5.74, 6) is -0.0744. The highest BCUT2D eigenvalue weighted by atomic mass is 16.6. The van der Waals surface area contributed by atoms with Crippen molar-refractivity contribution >= 4 is 0 Å². The van der Waals surface area contributed by atoms with Gasteiger partial charge in [-0.25, -0.2) is 0 Å². The quantitative estimate of drug-likeness (QED) is 0.538. The Morgan fingerprint density at radius 2 is 1.55 bits per heavy atom. The van der Waals surface area contributed by atoms with E-state index in [0.717, 1.165) is 0 Å². The maximum Gasteiger partial charge on any atom is 0.159 e. The van der Waals surface area contributed by atoms with Crippen molar-refractivity contribution in [1.29, 1.82) is 0 Å². The molecule has 4 unspecified atom stereocenters. The van der Waals surface area contributed by atoms with Gasteiger partial charge in [0.05, 0.1) is 12.2 Å². The van der Waals surface area contributed by atoms with Crippen LogP contribution in [0, 0.1) is 11.8 Å². The van der Waals surface area contributed by atoms with Crippen molar-refractivity contribution in [3.63, 3.8) is 0 Å². The summed E-state index contributed by atoms with van der Waals surface area (Å²) < 4.78 is 5.18. The number of ether oxygens (including phenoxy) is 1. The first-order chi connectivity index (χ1) is 5.04. The summed E-state index contributed by atoms with van der Waals surface area (Å²) >= 11 is 0. The van der Waals surface area contributed by atoms with Gasteiger partial charge in [0, 0.05) is 11.8 Å². The molecule has 0 aromatic rings. The first-order valence-corrected chi connectivity index (χ1v) is 4.05. The molecular formula is C8H16O3. The van der Waals surface area contributed by atoms with Gasteiger partial charge < -0.3 is 14.9 Å². The van der Waals surface area contributed by atoms with Crippen molar-refractivity contribution in [2.75, 3.05) is 0 Å². The van der Waals surface area contributed by atoms with Crippen molar-refractivity contribution in [1.82, 2.24) is 0 Å². The van der Waals surface area contributed by atoms with Crippen molar-refractivity contribution in [2.45, 2.75) is 39.3 Å². The van der Waals surface area contributed by atoms with E-state index in [0.29, 0.717) is 0 Å². The first-order valence-electron chi connectivity index (χ1n) is 4.05. The van der Waals surface area contributed by atoms with Crippen LogP contribution in [0.2, 0.25) is 0 Å². The standard InChI is InChI=1S/C8H16O3/c1-4-6(3)11-8(10)5(2)7(4)9/h4-10H,1-3H3/t4-,5?,6?,7?,8?/m0/s1. The van der Waals surface area contributed by atoms with Crippen LogP contribution in [0.15, 0.2) is 0 Å². The Morgan fingerprint density at radius 1 is 1.00 bits per heavy atom. The summed E-state index contributed by atoms with van der Waals surface area (Å²) in [4.78, 5) is 0. The fourth-order valence-electron chi connectivity index (χ4n) is 1.39. The molecule has 1 rings (SSSR count). The Kier molecular flexibility index (Phi) is 2.52. The van der Waals surface area contributed by atoms with Gasteiger partial charge in [0.2, 0.25) is 0 Å². The zero-order chi connectivity index (χ0) is 8.59. The van der Waals surface area contributed by atoms with Crippen LogP contribution < -0.4 is 0 Å². The van der Waals surface area contributed by atoms with E-state index in [4.69, 9.17) is 4.74 Å². The van der Waals surface area contributed by atoms with Gasteiger partial charge in [-0.2, -0.15) is 0 Å². The summed E-state index contributed by atoms with van der Waals surface area (Å²) in [6.07, 6.45) is -1.32. The highest BCUT2D eigenvalue weighted by molar-refractivity contribution is 4.81. The molecular weight excluding hydrogens is 144 g/mol. The maximum atomic E-state index is 9.55. The van der Waals surface area contributed by atoms with Crippen molar-refractivity contribution in [3.05, 3.63) is 0 Å². The third-order valence-corrected chi connectivity index (χ3v) is 2.62. The Balaban J connectivity index is 2.63. The summed E-state index contributed by atoms with van der Waals surface area (Å²) in [7, 11) is 0. The average molecular weight is 160 g/mol. The van der Waals surface area contributed by atoms with Gasteiger partial charge in [-0.15, -0.1) is 0 Å². The van der Waals surface area contributed by atoms with Gasteiger partial charge in [-0.1, -0.05) is 13.8 Å². The Hall–Kier alpha value is -0.120. The largest absolute Gasteiger partial charge is 0.392 e. The molecule has 66 valence electrons. The van der Waals surface area contributed by atoms with Crippen LogP contribution in [0.5, 0.6) is 0 Å². The predicted octanol–water partition coefficient (Wildman–Crippen LogP) is 0.357. The average Bonchev–Trinajstić information content (AvgIpc) is 1.97. The number of rotatable bonds is 0. The van der Waals surface area contributed by atoms with E-state index in [1.165, 1.54) is 0 Å². The molecule has 0 amide bonds. The molecule has 1 heterocycles. The van der Waals surface area contributed by atoms with Crippen LogP contribution in [0.4, 0.5) is 0 Å². The summed E-state index contributed by atoms with van der Waals surface area (Å²) in [6, 6.07) is 0. The van der Waals surface area contributed by atoms with Crippen LogP contribution in [-0.2, 0) is 4.74 Å². The lowest BCUT2D eigenvalue weighted by Crippen LogP contribution is -2.47. The Morgan fingerprint density at radius 3 is 2.09 bits per heavy atom. The van der Waals surface area contributed by atoms with Gasteiger partial charge >= 0.3 is 0 Å². The predicted molar refractivity (Wildman–Crippen MR) is 40.9 cm³/mol. The summed E-state index contributed by atoms with van der Waals surface area (Å²) in [5, 5.41) is 18.8. The van der Waals surface area contributed by atoms with Crippen molar-refractivity contribution in [2.24, 2.45) is 11.8 Å². The molecule has 1 aliphatic heterocycles. The molecule has 0 spiro atoms. The summed E-state index contributed by atoms with van der Waals surface area (Å²) in [6.45, 7) is 5.58. The maximum absolute atomic E-state index is 9.55. The second-order valence-corrected chi connectivity index (χ2v) is 3.44. The zero-order valence-corrected chi connectivity index (χ0v) is 7.19. The molecule has 11 heavy (non-hydrogen) atoms. The van der Waals surface area contributed by atoms with Crippen LogP contribution in [-0.4, -0.2) is 28.7 Å². The number of hydrogen-bond donors (Lipinski definition) is 2. The third kappa shape index (κ3) is 1.55. The van der Waals surface area contributed by atoms with Gasteiger partial charge in [0.1, 0.15) is 0 Å². The fourth-order valence-corrected chi connectivity index (χ4v) is 1.39. The molecule has 0 bridgehead atoms. The zero-order valence-electron chi connectivity index (χ0n) is 7.19. The molecule has 1 fully saturated rings. The van der Waals surface area contributed by atoms with Crippen LogP contribution in [0.25, 0.3) is 0 Å². The van der Waals surface area contributed by atoms with E-state index in [1.54, 1.807) is 6.92 Å². The van der Waals surface area contributed by atoms with E-state index in [2.05, 4.69) is 0 Å². The lowest BCUT2D eigenvalue weighted by Gasteiger charge is -2.38. The van der Waals surface area contributed by atoms with Crippen molar-refractivity contribution < 1.29 is 14.9 Å². The van der Waals surface area contributed by atoms with E-state index in [1.807, 2.05) is 13.8 Å². The molecule has 5 atom stereocenters. The topological polar surface area (TPSA) is 49.7 Å². The molecule has 0 saturated carbocycles. The monoisotopic (exact) mass is 160 g/mol. The van der Waals surface area contributed by atoms with E-state index < -0.39 is 12.4 Å². The lowest BCUT2D eigenvalue weighted by molar-refractivity contribution is -0.236. The molecule has 2 N–H and O–H groups in total. The highest BCUT2D eigenvalue weighted by Gasteiger charge is 2.37. The normalized spacial score (nSPS) is 52.6. The number of aliphatic hydroxyl groups is 2. The molecule has 1 saturated heterocycles. The summed E-state index contributed by atoms with van der Waals surface area (Å²) in [5.41, 5.74) is 0. The Bertz CT molecular complexity index is 123. The highest BCUT2D eigenvalue weighted by Crippen LogP contribution is 2.28. The van der Waals surface area contributed by atoms with E-state index in [-0.39, 0.29) is 17.9 Å². The van der Waals surface area contributed by atoms with Gasteiger partial charge in [-0.05, 0) is 6.92 Å². The SMILES string of the molecule is CC1C(O)OC(C)[C@H](C)C1O. The van der Waals surface area contributed by atoms with Crippen LogP contribution >= 0.6 is 0 Å². The van der Waals surface area contributed by atoms with Gasteiger partial charge in [0.15, 0.2) is 6.29 Å². The van der Waals surface area contributed by atoms with Crippen LogP contribution in [0.3, 0.4) is 0 Å². The van der Waals surface area contributed by atoms with Crippen LogP contribution in [0.1, 0.15) is 20.8 Å². The second-order valence-electron chi connectivity index (χ2n) is 3.44. The Labute approximate surface area is 67.0 Å². The first kappa shape index (κ1) is 8.97. The van der Waals surface area contributed by atoms with Gasteiger partial charge in [-0.3, -0.25) is 0 Å².